The number of allylic oxidation sites excluding steroid dienone is 2. The molecule has 0 heterocycles. The van der Waals surface area contributed by atoms with E-state index in [0.717, 1.165) is 6.08 Å². The lowest BCUT2D eigenvalue weighted by atomic mass is 10.2. The molecule has 0 amide bonds. The van der Waals surface area contributed by atoms with Crippen molar-refractivity contribution in [2.45, 2.75) is 32.4 Å². The van der Waals surface area contributed by atoms with E-state index in [0.29, 0.717) is 13.0 Å². The molecular formula is C14H21ClF2N2O2. The molecule has 0 saturated heterocycles. The van der Waals surface area contributed by atoms with E-state index in [1.807, 2.05) is 0 Å². The summed E-state index contributed by atoms with van der Waals surface area (Å²) in [6.45, 7) is 5.38. The van der Waals surface area contributed by atoms with E-state index < -0.39 is 12.1 Å². The summed E-state index contributed by atoms with van der Waals surface area (Å²) in [5.74, 6) is -1.31. The molecule has 0 bridgehead atoms. The number of carbonyl (C=O) groups excluding carboxylic acids is 1. The monoisotopic (exact) mass is 322 g/mol. The first-order valence-corrected chi connectivity index (χ1v) is 7.02. The number of nitrogens with one attached hydrogen (secondary N) is 1. The molecule has 0 rings (SSSR count). The standard InChI is InChI=1S/C14H21ClF2N2O2/c1-4-11(16)12(9-18-3)19-14(17)10(15)7-6-8-13(20)21-5-2/h4,11,18H,1,5-9H2,2-3H3/b14-10+,19-12-. The number of halogens is 3. The van der Waals surface area contributed by atoms with Gasteiger partial charge in [0.1, 0.15) is 0 Å². The van der Waals surface area contributed by atoms with Gasteiger partial charge in [-0.05, 0) is 26.8 Å². The zero-order chi connectivity index (χ0) is 16.3. The molecule has 21 heavy (non-hydrogen) atoms. The highest BCUT2D eigenvalue weighted by Gasteiger charge is 2.13. The SMILES string of the molecule is C=CC(F)/C(CNC)=N\C(F)=C(\Cl)CCCC(=O)OCC. The first-order valence-electron chi connectivity index (χ1n) is 6.64. The quantitative estimate of drug-likeness (QED) is 0.291. The Morgan fingerprint density at radius 1 is 1.52 bits per heavy atom. The van der Waals surface area contributed by atoms with Crippen LogP contribution in [0.25, 0.3) is 0 Å². The summed E-state index contributed by atoms with van der Waals surface area (Å²) in [4.78, 5) is 14.7. The molecule has 0 aromatic rings. The average molecular weight is 323 g/mol. The van der Waals surface area contributed by atoms with Gasteiger partial charge in [-0.15, -0.1) is 0 Å². The number of alkyl halides is 1. The Bertz CT molecular complexity index is 412. The summed E-state index contributed by atoms with van der Waals surface area (Å²) < 4.78 is 32.0. The van der Waals surface area contributed by atoms with E-state index >= 15 is 0 Å². The van der Waals surface area contributed by atoms with Gasteiger partial charge in [-0.25, -0.2) is 9.38 Å². The van der Waals surface area contributed by atoms with Gasteiger partial charge in [-0.2, -0.15) is 4.39 Å². The third kappa shape index (κ3) is 8.57. The highest BCUT2D eigenvalue weighted by atomic mass is 35.5. The van der Waals surface area contributed by atoms with Crippen molar-refractivity contribution >= 4 is 23.3 Å². The minimum Gasteiger partial charge on any atom is -0.466 e. The van der Waals surface area contributed by atoms with Crippen molar-refractivity contribution in [3.63, 3.8) is 0 Å². The van der Waals surface area contributed by atoms with Gasteiger partial charge in [0.15, 0.2) is 6.17 Å². The van der Waals surface area contributed by atoms with E-state index in [1.165, 1.54) is 0 Å². The molecule has 0 fully saturated rings. The van der Waals surface area contributed by atoms with E-state index in [2.05, 4.69) is 16.9 Å². The van der Waals surface area contributed by atoms with Crippen LogP contribution in [0.15, 0.2) is 28.6 Å². The van der Waals surface area contributed by atoms with Gasteiger partial charge in [0.05, 0.1) is 17.4 Å². The van der Waals surface area contributed by atoms with Crippen LogP contribution in [0.2, 0.25) is 0 Å². The normalized spacial score (nSPS) is 14.4. The topological polar surface area (TPSA) is 50.7 Å². The van der Waals surface area contributed by atoms with Gasteiger partial charge in [0, 0.05) is 13.0 Å². The Morgan fingerprint density at radius 2 is 2.19 bits per heavy atom. The predicted octanol–water partition coefficient (Wildman–Crippen LogP) is 3.28. The molecule has 0 spiro atoms. The zero-order valence-corrected chi connectivity index (χ0v) is 13.1. The van der Waals surface area contributed by atoms with Gasteiger partial charge >= 0.3 is 5.97 Å². The maximum absolute atomic E-state index is 13.8. The fourth-order valence-corrected chi connectivity index (χ4v) is 1.60. The number of hydrogen-bond donors (Lipinski definition) is 1. The molecule has 0 saturated carbocycles. The van der Waals surface area contributed by atoms with Gasteiger partial charge in [0.25, 0.3) is 0 Å². The number of aliphatic imine (C=N–C) groups is 1. The summed E-state index contributed by atoms with van der Waals surface area (Å²) in [6, 6.07) is 0. The molecule has 7 heteroatoms. The van der Waals surface area contributed by atoms with Crippen LogP contribution in [0.5, 0.6) is 0 Å². The summed E-state index contributed by atoms with van der Waals surface area (Å²) in [6.07, 6.45) is 0.0870. The molecule has 0 radical (unpaired) electrons. The third-order valence-corrected chi connectivity index (χ3v) is 2.78. The maximum Gasteiger partial charge on any atom is 0.305 e. The number of esters is 1. The van der Waals surface area contributed by atoms with Gasteiger partial charge in [-0.3, -0.25) is 4.79 Å². The second-order valence-electron chi connectivity index (χ2n) is 4.13. The van der Waals surface area contributed by atoms with Crippen LogP contribution >= 0.6 is 11.6 Å². The summed E-state index contributed by atoms with van der Waals surface area (Å²) in [5.41, 5.74) is -0.0476. The summed E-state index contributed by atoms with van der Waals surface area (Å²) in [5, 5.41) is 2.54. The number of ether oxygens (including phenoxy) is 1. The van der Waals surface area contributed by atoms with Crippen LogP contribution in [-0.4, -0.2) is 38.1 Å². The molecule has 1 atom stereocenters. The van der Waals surface area contributed by atoms with Crippen LogP contribution in [0.1, 0.15) is 26.2 Å². The minimum atomic E-state index is -1.55. The third-order valence-electron chi connectivity index (χ3n) is 2.43. The maximum atomic E-state index is 13.8. The molecule has 0 aliphatic rings. The van der Waals surface area contributed by atoms with Gasteiger partial charge in [-0.1, -0.05) is 24.3 Å². The zero-order valence-electron chi connectivity index (χ0n) is 12.3. The smallest absolute Gasteiger partial charge is 0.305 e. The Kier molecular flexibility index (Phi) is 10.7. The van der Waals surface area contributed by atoms with Gasteiger partial charge < -0.3 is 10.1 Å². The van der Waals surface area contributed by atoms with Crippen LogP contribution in [0.4, 0.5) is 8.78 Å². The second kappa shape index (κ2) is 11.4. The predicted molar refractivity (Wildman–Crippen MR) is 80.9 cm³/mol. The van der Waals surface area contributed by atoms with Gasteiger partial charge in [0.2, 0.25) is 5.95 Å². The Morgan fingerprint density at radius 3 is 2.71 bits per heavy atom. The van der Waals surface area contributed by atoms with E-state index in [1.54, 1.807) is 14.0 Å². The van der Waals surface area contributed by atoms with Crippen LogP contribution in [0, 0.1) is 0 Å². The molecular weight excluding hydrogens is 302 g/mol. The van der Waals surface area contributed by atoms with Crippen LogP contribution < -0.4 is 5.32 Å². The van der Waals surface area contributed by atoms with Crippen molar-refractivity contribution in [2.24, 2.45) is 4.99 Å². The molecule has 120 valence electrons. The Balaban J connectivity index is 4.64. The van der Waals surface area contributed by atoms with Crippen LogP contribution in [0.3, 0.4) is 0 Å². The lowest BCUT2D eigenvalue weighted by Gasteiger charge is -2.07. The van der Waals surface area contributed by atoms with E-state index in [-0.39, 0.29) is 36.1 Å². The number of hydrogen-bond acceptors (Lipinski definition) is 4. The molecule has 1 N–H and O–H groups in total. The van der Waals surface area contributed by atoms with E-state index in [9.17, 15) is 13.6 Å². The average Bonchev–Trinajstić information content (AvgIpc) is 2.45. The minimum absolute atomic E-state index is 0.0476. The lowest BCUT2D eigenvalue weighted by Crippen LogP contribution is -2.26. The lowest BCUT2D eigenvalue weighted by molar-refractivity contribution is -0.143. The molecule has 4 nitrogen and oxygen atoms in total. The number of rotatable bonds is 10. The number of nitrogens with zero attached hydrogens (tertiary/aromatic N) is 1. The summed E-state index contributed by atoms with van der Waals surface area (Å²) in [7, 11) is 1.59. The number of carbonyl (C=O) groups is 1. The molecule has 1 unspecified atom stereocenters. The van der Waals surface area contributed by atoms with Crippen molar-refractivity contribution in [3.05, 3.63) is 23.6 Å². The fraction of sp³-hybridized carbons (Fsp3) is 0.571. The Hall–Kier alpha value is -1.27. The Labute approximate surface area is 128 Å². The first-order chi connectivity index (χ1) is 9.96. The van der Waals surface area contributed by atoms with Crippen LogP contribution in [-0.2, 0) is 9.53 Å². The first kappa shape index (κ1) is 19.7. The van der Waals surface area contributed by atoms with E-state index in [4.69, 9.17) is 16.3 Å². The molecule has 0 aliphatic carbocycles. The van der Waals surface area contributed by atoms with Crippen molar-refractivity contribution in [3.8, 4) is 0 Å². The second-order valence-corrected chi connectivity index (χ2v) is 4.58. The largest absolute Gasteiger partial charge is 0.466 e. The molecule has 0 aliphatic heterocycles. The fourth-order valence-electron chi connectivity index (χ4n) is 1.43. The highest BCUT2D eigenvalue weighted by Crippen LogP contribution is 2.20. The molecule has 0 aromatic heterocycles. The van der Waals surface area contributed by atoms with Crippen molar-refractivity contribution < 1.29 is 18.3 Å². The highest BCUT2D eigenvalue weighted by molar-refractivity contribution is 6.29. The summed E-state index contributed by atoms with van der Waals surface area (Å²) >= 11 is 5.76. The van der Waals surface area contributed by atoms with Crippen molar-refractivity contribution in [1.29, 1.82) is 0 Å². The van der Waals surface area contributed by atoms with Crippen molar-refractivity contribution in [1.82, 2.24) is 5.32 Å². The molecule has 0 aromatic carbocycles. The van der Waals surface area contributed by atoms with Crippen molar-refractivity contribution in [2.75, 3.05) is 20.2 Å².